The molecule has 0 radical (unpaired) electrons. The van der Waals surface area contributed by atoms with E-state index in [-0.39, 0.29) is 23.5 Å². The maximum Gasteiger partial charge on any atom is 0.278 e. The summed E-state index contributed by atoms with van der Waals surface area (Å²) in [7, 11) is 0. The number of benzene rings is 1. The molecule has 1 aromatic carbocycles. The average Bonchev–Trinajstić information content (AvgIpc) is 3.06. The van der Waals surface area contributed by atoms with Crippen LogP contribution < -0.4 is 21.5 Å². The molecule has 0 bridgehead atoms. The third-order valence-electron chi connectivity index (χ3n) is 5.92. The van der Waals surface area contributed by atoms with Gasteiger partial charge in [0.2, 0.25) is 5.95 Å². The minimum Gasteiger partial charge on any atom is -0.371 e. The van der Waals surface area contributed by atoms with Gasteiger partial charge in [-0.2, -0.15) is 4.98 Å². The van der Waals surface area contributed by atoms with Gasteiger partial charge in [-0.3, -0.25) is 10.2 Å². The van der Waals surface area contributed by atoms with Gasteiger partial charge in [0.15, 0.2) is 5.65 Å². The van der Waals surface area contributed by atoms with E-state index in [0.717, 1.165) is 37.3 Å². The Morgan fingerprint density at radius 2 is 2.00 bits per heavy atom. The average molecular weight is 447 g/mol. The lowest BCUT2D eigenvalue weighted by Crippen LogP contribution is -2.48. The fraction of sp³-hybridized carbons (Fsp3) is 0.333. The molecular weight excluding hydrogens is 416 g/mol. The summed E-state index contributed by atoms with van der Waals surface area (Å²) >= 11 is 0. The Balaban J connectivity index is 1.60. The molecule has 2 aromatic heterocycles. The van der Waals surface area contributed by atoms with Crippen LogP contribution in [0.25, 0.3) is 11.0 Å². The third kappa shape index (κ3) is 4.58. The number of nitrogens with one attached hydrogen (secondary N) is 2. The molecule has 4 N–H and O–H groups in total. The summed E-state index contributed by atoms with van der Waals surface area (Å²) in [5.74, 6) is 0.487. The van der Waals surface area contributed by atoms with Gasteiger partial charge in [0.05, 0.1) is 6.54 Å². The minimum atomic E-state index is -0.259. The van der Waals surface area contributed by atoms with Crippen LogP contribution in [0.15, 0.2) is 60.1 Å². The number of aromatic nitrogens is 4. The normalized spacial score (nSPS) is 15.8. The first-order chi connectivity index (χ1) is 15.8. The van der Waals surface area contributed by atoms with Crippen LogP contribution in [0.3, 0.4) is 0 Å². The lowest BCUT2D eigenvalue weighted by atomic mass is 9.91. The topological polar surface area (TPSA) is 118 Å². The van der Waals surface area contributed by atoms with Gasteiger partial charge in [0.25, 0.3) is 5.56 Å². The molecule has 172 valence electrons. The second kappa shape index (κ2) is 9.03. The largest absolute Gasteiger partial charge is 0.371 e. The van der Waals surface area contributed by atoms with Gasteiger partial charge in [-0.1, -0.05) is 12.2 Å². The maximum atomic E-state index is 12.8. The molecule has 0 spiro atoms. The Bertz CT molecular complexity index is 1260. The fourth-order valence-electron chi connectivity index (χ4n) is 4.01. The molecule has 1 fully saturated rings. The van der Waals surface area contributed by atoms with E-state index in [1.807, 2.05) is 19.1 Å². The van der Waals surface area contributed by atoms with Crippen molar-refractivity contribution in [3.8, 4) is 0 Å². The summed E-state index contributed by atoms with van der Waals surface area (Å²) in [5.41, 5.74) is 8.27. The summed E-state index contributed by atoms with van der Waals surface area (Å²) in [6.45, 7) is 9.79. The number of piperidine rings is 1. The van der Waals surface area contributed by atoms with Crippen molar-refractivity contribution in [2.45, 2.75) is 38.8 Å². The molecule has 0 unspecified atom stereocenters. The van der Waals surface area contributed by atoms with Crippen LogP contribution in [0.1, 0.15) is 26.7 Å². The minimum absolute atomic E-state index is 0.0807. The van der Waals surface area contributed by atoms with E-state index in [1.165, 1.54) is 15.6 Å². The standard InChI is InChI=1S/C24H30N8O/c1-4-6-20(25)32-21-19(22(33)31(32)13-5-2)16-27-23(29-21)28-17-7-9-18(10-8-17)30-14-11-24(3,26)12-15-30/h4-10,16,25H,2,11-15,26H2,1,3H3,(H,27,28,29)/b6-4-,25-20?. The van der Waals surface area contributed by atoms with Crippen LogP contribution in [0.4, 0.5) is 17.3 Å². The zero-order valence-electron chi connectivity index (χ0n) is 19.1. The van der Waals surface area contributed by atoms with Crippen LogP contribution in [0, 0.1) is 5.41 Å². The van der Waals surface area contributed by atoms with E-state index >= 15 is 0 Å². The van der Waals surface area contributed by atoms with E-state index in [9.17, 15) is 4.79 Å². The van der Waals surface area contributed by atoms with Gasteiger partial charge < -0.3 is 16.0 Å². The maximum absolute atomic E-state index is 12.8. The van der Waals surface area contributed by atoms with E-state index < -0.39 is 0 Å². The predicted octanol–water partition coefficient (Wildman–Crippen LogP) is 3.24. The number of fused-ring (bicyclic) bond motifs is 1. The summed E-state index contributed by atoms with van der Waals surface area (Å²) in [5, 5.41) is 11.9. The fourth-order valence-corrected chi connectivity index (χ4v) is 4.01. The third-order valence-corrected chi connectivity index (χ3v) is 5.92. The molecule has 0 aliphatic carbocycles. The molecule has 1 aliphatic rings. The number of nitrogens with zero attached hydrogens (tertiary/aromatic N) is 5. The molecule has 0 atom stereocenters. The van der Waals surface area contributed by atoms with Crippen LogP contribution in [-0.4, -0.2) is 43.8 Å². The molecule has 0 amide bonds. The van der Waals surface area contributed by atoms with Gasteiger partial charge in [-0.05, 0) is 57.0 Å². The zero-order valence-corrected chi connectivity index (χ0v) is 19.1. The molecule has 33 heavy (non-hydrogen) atoms. The van der Waals surface area contributed by atoms with Gasteiger partial charge in [0.1, 0.15) is 11.2 Å². The second-order valence-electron chi connectivity index (χ2n) is 8.62. The van der Waals surface area contributed by atoms with Crippen molar-refractivity contribution in [3.05, 3.63) is 65.6 Å². The van der Waals surface area contributed by atoms with Crippen molar-refractivity contribution >= 4 is 34.2 Å². The van der Waals surface area contributed by atoms with Crippen LogP contribution in [-0.2, 0) is 6.54 Å². The number of allylic oxidation sites excluding steroid dienone is 3. The monoisotopic (exact) mass is 446 g/mol. The van der Waals surface area contributed by atoms with Crippen molar-refractivity contribution in [1.82, 2.24) is 19.3 Å². The second-order valence-corrected chi connectivity index (χ2v) is 8.62. The highest BCUT2D eigenvalue weighted by Crippen LogP contribution is 2.26. The van der Waals surface area contributed by atoms with Crippen molar-refractivity contribution in [1.29, 1.82) is 5.41 Å². The Kier molecular flexibility index (Phi) is 6.15. The van der Waals surface area contributed by atoms with Gasteiger partial charge in [-0.25, -0.2) is 14.3 Å². The molecule has 0 saturated carbocycles. The van der Waals surface area contributed by atoms with E-state index in [4.69, 9.17) is 11.1 Å². The van der Waals surface area contributed by atoms with Gasteiger partial charge >= 0.3 is 0 Å². The first-order valence-corrected chi connectivity index (χ1v) is 11.0. The summed E-state index contributed by atoms with van der Waals surface area (Å²) in [6.07, 6.45) is 8.41. The zero-order chi connectivity index (χ0) is 23.6. The van der Waals surface area contributed by atoms with Crippen LogP contribution in [0.2, 0.25) is 0 Å². The molecule has 1 aliphatic heterocycles. The Morgan fingerprint density at radius 1 is 1.30 bits per heavy atom. The molecule has 9 nitrogen and oxygen atoms in total. The number of hydrogen-bond donors (Lipinski definition) is 3. The first-order valence-electron chi connectivity index (χ1n) is 11.0. The SMILES string of the molecule is C=CCn1c(=O)c2cnc(Nc3ccc(N4CCC(C)(N)CC4)cc3)nc2n1C(=N)/C=C\C. The van der Waals surface area contributed by atoms with Crippen LogP contribution >= 0.6 is 0 Å². The molecular formula is C24H30N8O. The highest BCUT2D eigenvalue weighted by molar-refractivity contribution is 5.97. The van der Waals surface area contributed by atoms with E-state index in [1.54, 1.807) is 18.2 Å². The molecule has 3 heterocycles. The summed E-state index contributed by atoms with van der Waals surface area (Å²) in [4.78, 5) is 24.0. The van der Waals surface area contributed by atoms with Gasteiger partial charge in [0, 0.05) is 36.2 Å². The summed E-state index contributed by atoms with van der Waals surface area (Å²) < 4.78 is 2.91. The molecule has 3 aromatic rings. The Hall–Kier alpha value is -3.72. The summed E-state index contributed by atoms with van der Waals surface area (Å²) in [6, 6.07) is 8.10. The Labute approximate surface area is 192 Å². The highest BCUT2D eigenvalue weighted by atomic mass is 16.1. The number of hydrogen-bond acceptors (Lipinski definition) is 7. The predicted molar refractivity (Wildman–Crippen MR) is 134 cm³/mol. The number of anilines is 3. The quantitative estimate of drug-likeness (QED) is 0.304. The van der Waals surface area contributed by atoms with Crippen molar-refractivity contribution in [2.24, 2.45) is 5.73 Å². The van der Waals surface area contributed by atoms with Crippen LogP contribution in [0.5, 0.6) is 0 Å². The lowest BCUT2D eigenvalue weighted by Gasteiger charge is -2.38. The molecule has 4 rings (SSSR count). The smallest absolute Gasteiger partial charge is 0.278 e. The lowest BCUT2D eigenvalue weighted by molar-refractivity contribution is 0.364. The van der Waals surface area contributed by atoms with Crippen molar-refractivity contribution in [2.75, 3.05) is 23.3 Å². The highest BCUT2D eigenvalue weighted by Gasteiger charge is 2.25. The van der Waals surface area contributed by atoms with Crippen molar-refractivity contribution < 1.29 is 0 Å². The van der Waals surface area contributed by atoms with Gasteiger partial charge in [-0.15, -0.1) is 6.58 Å². The Morgan fingerprint density at radius 3 is 2.64 bits per heavy atom. The van der Waals surface area contributed by atoms with E-state index in [2.05, 4.69) is 45.8 Å². The molecule has 1 saturated heterocycles. The van der Waals surface area contributed by atoms with Crippen molar-refractivity contribution in [3.63, 3.8) is 0 Å². The molecule has 9 heteroatoms. The van der Waals surface area contributed by atoms with E-state index in [0.29, 0.717) is 17.0 Å². The number of nitrogens with two attached hydrogens (primary N) is 1. The first kappa shape index (κ1) is 22.5. The number of rotatable bonds is 6.